The van der Waals surface area contributed by atoms with Gasteiger partial charge in [0.1, 0.15) is 5.70 Å². The van der Waals surface area contributed by atoms with Crippen molar-refractivity contribution >= 4 is 24.3 Å². The first-order valence-electron chi connectivity index (χ1n) is 6.25. The molecule has 19 heavy (non-hydrogen) atoms. The van der Waals surface area contributed by atoms with Gasteiger partial charge in [-0.1, -0.05) is 6.08 Å². The number of carbonyl (C=O) groups excluding carboxylic acids is 3. The smallest absolute Gasteiger partial charge is 0.287 e. The SMILES string of the molecule is CC=N/C(=C\C)C(=O)N1CCN(C(=O)C=O)[C@H](C)C1. The van der Waals surface area contributed by atoms with Gasteiger partial charge in [-0.05, 0) is 20.8 Å². The fraction of sp³-hybridized carbons (Fsp3) is 0.538. The maximum absolute atomic E-state index is 12.2. The fourth-order valence-corrected chi connectivity index (χ4v) is 2.09. The summed E-state index contributed by atoms with van der Waals surface area (Å²) in [5, 5.41) is 0. The van der Waals surface area contributed by atoms with Crippen molar-refractivity contribution in [3.63, 3.8) is 0 Å². The summed E-state index contributed by atoms with van der Waals surface area (Å²) in [4.78, 5) is 41.2. The van der Waals surface area contributed by atoms with Gasteiger partial charge < -0.3 is 9.80 Å². The van der Waals surface area contributed by atoms with Crippen LogP contribution in [0.15, 0.2) is 16.8 Å². The molecule has 1 aliphatic heterocycles. The lowest BCUT2D eigenvalue weighted by Gasteiger charge is -2.38. The summed E-state index contributed by atoms with van der Waals surface area (Å²) in [5.41, 5.74) is 0.393. The first-order valence-corrected chi connectivity index (χ1v) is 6.25. The third-order valence-electron chi connectivity index (χ3n) is 3.06. The molecule has 1 heterocycles. The van der Waals surface area contributed by atoms with E-state index in [0.29, 0.717) is 31.6 Å². The molecular formula is C13H19N3O3. The highest BCUT2D eigenvalue weighted by Crippen LogP contribution is 2.13. The second-order valence-corrected chi connectivity index (χ2v) is 4.31. The van der Waals surface area contributed by atoms with E-state index >= 15 is 0 Å². The lowest BCUT2D eigenvalue weighted by molar-refractivity contribution is -0.144. The summed E-state index contributed by atoms with van der Waals surface area (Å²) in [6, 6.07) is -0.167. The van der Waals surface area contributed by atoms with Crippen molar-refractivity contribution < 1.29 is 14.4 Å². The molecule has 2 amide bonds. The van der Waals surface area contributed by atoms with Gasteiger partial charge in [0, 0.05) is 31.9 Å². The Morgan fingerprint density at radius 1 is 1.26 bits per heavy atom. The molecule has 0 spiro atoms. The molecule has 1 aliphatic rings. The molecule has 0 radical (unpaired) electrons. The van der Waals surface area contributed by atoms with Crippen LogP contribution in [-0.2, 0) is 14.4 Å². The summed E-state index contributed by atoms with van der Waals surface area (Å²) in [7, 11) is 0. The lowest BCUT2D eigenvalue weighted by atomic mass is 10.1. The minimum Gasteiger partial charge on any atom is -0.333 e. The topological polar surface area (TPSA) is 70.1 Å². The van der Waals surface area contributed by atoms with Gasteiger partial charge in [0.2, 0.25) is 6.29 Å². The number of piperazine rings is 1. The van der Waals surface area contributed by atoms with E-state index in [1.54, 1.807) is 31.0 Å². The highest BCUT2D eigenvalue weighted by atomic mass is 16.2. The quantitative estimate of drug-likeness (QED) is 0.317. The zero-order chi connectivity index (χ0) is 14.4. The number of rotatable bonds is 3. The van der Waals surface area contributed by atoms with Crippen LogP contribution in [0.3, 0.4) is 0 Å². The van der Waals surface area contributed by atoms with Gasteiger partial charge in [-0.25, -0.2) is 0 Å². The summed E-state index contributed by atoms with van der Waals surface area (Å²) < 4.78 is 0. The first-order chi connectivity index (χ1) is 9.04. The van der Waals surface area contributed by atoms with E-state index in [1.165, 1.54) is 4.90 Å². The van der Waals surface area contributed by atoms with E-state index in [4.69, 9.17) is 0 Å². The Balaban J connectivity index is 2.73. The number of aldehydes is 1. The normalized spacial score (nSPS) is 20.8. The van der Waals surface area contributed by atoms with Gasteiger partial charge in [-0.15, -0.1) is 0 Å². The first kappa shape index (κ1) is 15.1. The van der Waals surface area contributed by atoms with Crippen molar-refractivity contribution in [1.29, 1.82) is 0 Å². The molecule has 0 N–H and O–H groups in total. The number of carbonyl (C=O) groups is 3. The second-order valence-electron chi connectivity index (χ2n) is 4.31. The van der Waals surface area contributed by atoms with Crippen molar-refractivity contribution in [3.8, 4) is 0 Å². The molecule has 0 aromatic heterocycles. The van der Waals surface area contributed by atoms with Crippen LogP contribution in [0.1, 0.15) is 20.8 Å². The van der Waals surface area contributed by atoms with E-state index in [-0.39, 0.29) is 11.9 Å². The minimum absolute atomic E-state index is 0.148. The molecule has 1 rings (SSSR count). The van der Waals surface area contributed by atoms with Gasteiger partial charge in [0.05, 0.1) is 0 Å². The summed E-state index contributed by atoms with van der Waals surface area (Å²) in [6.07, 6.45) is 3.55. The Kier molecular flexibility index (Phi) is 5.41. The molecule has 104 valence electrons. The lowest BCUT2D eigenvalue weighted by Crippen LogP contribution is -2.55. The predicted octanol–water partition coefficient (Wildman–Crippen LogP) is 0.239. The highest BCUT2D eigenvalue weighted by Gasteiger charge is 2.30. The average molecular weight is 265 g/mol. The number of amides is 2. The number of allylic oxidation sites excluding steroid dienone is 1. The van der Waals surface area contributed by atoms with Crippen LogP contribution in [-0.4, -0.2) is 59.8 Å². The maximum Gasteiger partial charge on any atom is 0.287 e. The van der Waals surface area contributed by atoms with Crippen LogP contribution in [0.4, 0.5) is 0 Å². The second kappa shape index (κ2) is 6.82. The molecule has 0 aliphatic carbocycles. The Bertz CT molecular complexity index is 429. The maximum atomic E-state index is 12.2. The number of nitrogens with zero attached hydrogens (tertiary/aromatic N) is 3. The van der Waals surface area contributed by atoms with Crippen molar-refractivity contribution in [2.45, 2.75) is 26.8 Å². The molecule has 0 aromatic rings. The van der Waals surface area contributed by atoms with Crippen LogP contribution in [0.25, 0.3) is 0 Å². The summed E-state index contributed by atoms with van der Waals surface area (Å²) in [6.45, 7) is 6.53. The Labute approximate surface area is 112 Å². The molecule has 0 saturated carbocycles. The van der Waals surface area contributed by atoms with Crippen LogP contribution >= 0.6 is 0 Å². The molecule has 1 atom stereocenters. The van der Waals surface area contributed by atoms with Gasteiger partial charge in [0.25, 0.3) is 11.8 Å². The third-order valence-corrected chi connectivity index (χ3v) is 3.06. The van der Waals surface area contributed by atoms with Crippen molar-refractivity contribution in [2.24, 2.45) is 4.99 Å². The fourth-order valence-electron chi connectivity index (χ4n) is 2.09. The largest absolute Gasteiger partial charge is 0.333 e. The number of aliphatic imine (C=N–C) groups is 1. The molecule has 1 saturated heterocycles. The van der Waals surface area contributed by atoms with Crippen LogP contribution in [0.5, 0.6) is 0 Å². The minimum atomic E-state index is -0.530. The zero-order valence-electron chi connectivity index (χ0n) is 11.5. The Morgan fingerprint density at radius 3 is 2.42 bits per heavy atom. The van der Waals surface area contributed by atoms with Gasteiger partial charge in [-0.3, -0.25) is 19.4 Å². The molecule has 6 heteroatoms. The molecule has 0 aromatic carbocycles. The van der Waals surface area contributed by atoms with Crippen molar-refractivity contribution in [1.82, 2.24) is 9.80 Å². The molecule has 1 fully saturated rings. The summed E-state index contributed by atoms with van der Waals surface area (Å²) in [5.74, 6) is -0.678. The predicted molar refractivity (Wildman–Crippen MR) is 71.7 cm³/mol. The highest BCUT2D eigenvalue weighted by molar-refractivity contribution is 6.23. The molecule has 6 nitrogen and oxygen atoms in total. The van der Waals surface area contributed by atoms with E-state index in [9.17, 15) is 14.4 Å². The van der Waals surface area contributed by atoms with Crippen molar-refractivity contribution in [2.75, 3.05) is 19.6 Å². The number of hydrogen-bond acceptors (Lipinski definition) is 4. The van der Waals surface area contributed by atoms with Gasteiger partial charge in [0.15, 0.2) is 0 Å². The van der Waals surface area contributed by atoms with Gasteiger partial charge in [-0.2, -0.15) is 0 Å². The Morgan fingerprint density at radius 2 is 1.95 bits per heavy atom. The van der Waals surface area contributed by atoms with Gasteiger partial charge >= 0.3 is 0 Å². The molecule has 0 bridgehead atoms. The van der Waals surface area contributed by atoms with E-state index in [1.807, 2.05) is 6.92 Å². The number of hydrogen-bond donors (Lipinski definition) is 0. The van der Waals surface area contributed by atoms with Crippen LogP contribution in [0, 0.1) is 0 Å². The van der Waals surface area contributed by atoms with Crippen molar-refractivity contribution in [3.05, 3.63) is 11.8 Å². The van der Waals surface area contributed by atoms with E-state index < -0.39 is 5.91 Å². The third kappa shape index (κ3) is 3.49. The Hall–Kier alpha value is -1.98. The van der Waals surface area contributed by atoms with Crippen LogP contribution < -0.4 is 0 Å². The average Bonchev–Trinajstić information content (AvgIpc) is 2.43. The van der Waals surface area contributed by atoms with E-state index in [2.05, 4.69) is 4.99 Å². The summed E-state index contributed by atoms with van der Waals surface area (Å²) >= 11 is 0. The molecule has 0 unspecified atom stereocenters. The standard InChI is InChI=1S/C13H19N3O3/c1-4-11(14-5-2)13(19)15-6-7-16(10(3)8-15)12(18)9-17/h4-5,9-10H,6-8H2,1-3H3/b11-4-,14-5?/t10-/m1/s1. The monoisotopic (exact) mass is 265 g/mol. The zero-order valence-corrected chi connectivity index (χ0v) is 11.5. The van der Waals surface area contributed by atoms with E-state index in [0.717, 1.165) is 0 Å². The van der Waals surface area contributed by atoms with Crippen LogP contribution in [0.2, 0.25) is 0 Å². The molecular weight excluding hydrogens is 246 g/mol.